The van der Waals surface area contributed by atoms with Crippen molar-refractivity contribution in [2.75, 3.05) is 32.1 Å². The third kappa shape index (κ3) is 13.1. The summed E-state index contributed by atoms with van der Waals surface area (Å²) in [6, 6.07) is 28.4. The normalized spacial score (nSPS) is 16.7. The van der Waals surface area contributed by atoms with Gasteiger partial charge < -0.3 is 4.74 Å². The van der Waals surface area contributed by atoms with Gasteiger partial charge >= 0.3 is 269 Å². The summed E-state index contributed by atoms with van der Waals surface area (Å²) in [7, 11) is -3.47. The summed E-state index contributed by atoms with van der Waals surface area (Å²) >= 11 is 41.6. The van der Waals surface area contributed by atoms with E-state index in [0.717, 1.165) is 39.4 Å². The molecule has 3 unspecified atom stereocenters. The number of hydrogen-bond donors (Lipinski definition) is 0. The molecule has 0 N–H and O–H groups in total. The molecule has 3 aromatic rings. The monoisotopic (exact) mass is 935 g/mol. The Labute approximate surface area is 356 Å². The number of alkyl halides is 6. The number of thiocarbonyl (C=S) groups is 1. The van der Waals surface area contributed by atoms with Gasteiger partial charge in [-0.3, -0.25) is 0 Å². The average Bonchev–Trinajstić information content (AvgIpc) is 3.13. The molecule has 3 atom stereocenters. The smallest absolute Gasteiger partial charge is 0.430 e. The summed E-state index contributed by atoms with van der Waals surface area (Å²) in [4.78, 5) is 53.4. The molecule has 54 heavy (non-hydrogen) atoms. The van der Waals surface area contributed by atoms with E-state index in [0.29, 0.717) is 3.53 Å². The number of halogens is 6. The van der Waals surface area contributed by atoms with Gasteiger partial charge in [0.2, 0.25) is 3.79 Å². The van der Waals surface area contributed by atoms with Crippen molar-refractivity contribution in [3.63, 3.8) is 0 Å². The van der Waals surface area contributed by atoms with Gasteiger partial charge in [0.1, 0.15) is 6.61 Å². The van der Waals surface area contributed by atoms with E-state index in [4.69, 9.17) is 105 Å². The van der Waals surface area contributed by atoms with Gasteiger partial charge in [-0.15, -0.1) is 0 Å². The van der Waals surface area contributed by atoms with Gasteiger partial charge in [0.05, 0.1) is 0 Å². The van der Waals surface area contributed by atoms with E-state index in [9.17, 15) is 19.2 Å². The quantitative estimate of drug-likeness (QED) is 0.0296. The number of β-lactam (4-membered cyclic amide) rings is 1. The standard InChI is InChI=1S/C34H32Cl6NO9PS3/c1-22(49-31(45)48-21-34(38,39)40)27-28(43)41(29(27)54-32(52)53-18-17-46-30(44)47-20-33(35,36)37)19-26(42)50-51(23-11-5-2-6-12-23,24-13-7-3-8-14-24)25-15-9-4-10-16-25/h2-16,22,27,29,51H,17-21H2,1H3. The molecule has 20 heteroatoms. The van der Waals surface area contributed by atoms with Gasteiger partial charge in [-0.25, -0.2) is 4.79 Å². The first-order chi connectivity index (χ1) is 25.5. The topological polar surface area (TPSA) is 118 Å². The minimum absolute atomic E-state index is 0.104. The summed E-state index contributed by atoms with van der Waals surface area (Å²) < 4.78 is 23.2. The Morgan fingerprint density at radius 2 is 1.24 bits per heavy atom. The van der Waals surface area contributed by atoms with Crippen LogP contribution in [-0.4, -0.2) is 83.8 Å². The molecule has 0 spiro atoms. The molecular formula is C34H32Cl6NO9PS3. The van der Waals surface area contributed by atoms with Crippen LogP contribution in [-0.2, 0) is 33.1 Å². The van der Waals surface area contributed by atoms with E-state index in [-0.39, 0.29) is 12.4 Å². The number of hydrogen-bond acceptors (Lipinski definition) is 12. The Bertz CT molecular complexity index is 1660. The second kappa shape index (κ2) is 20.5. The Kier molecular flexibility index (Phi) is 17.0. The van der Waals surface area contributed by atoms with E-state index in [1.807, 2.05) is 91.0 Å². The molecule has 1 saturated heterocycles. The zero-order valence-corrected chi connectivity index (χ0v) is 36.0. The summed E-state index contributed by atoms with van der Waals surface area (Å²) in [5.74, 6) is -1.90. The van der Waals surface area contributed by atoms with Gasteiger partial charge in [-0.05, 0) is 0 Å². The number of thioether (sulfide) groups is 2. The number of ether oxygens (including phenoxy) is 4. The molecule has 1 heterocycles. The second-order valence-electron chi connectivity index (χ2n) is 11.3. The van der Waals surface area contributed by atoms with Crippen LogP contribution in [0.1, 0.15) is 6.92 Å². The number of benzene rings is 3. The van der Waals surface area contributed by atoms with Crippen molar-refractivity contribution < 1.29 is 42.6 Å². The Morgan fingerprint density at radius 3 is 1.70 bits per heavy atom. The van der Waals surface area contributed by atoms with E-state index in [2.05, 4.69) is 0 Å². The first-order valence-corrected chi connectivity index (χ1v) is 22.2. The molecule has 0 aliphatic carbocycles. The zero-order chi connectivity index (χ0) is 39.5. The Balaban J connectivity index is 1.53. The van der Waals surface area contributed by atoms with Crippen LogP contribution in [0.4, 0.5) is 9.59 Å². The SMILES string of the molecule is CC(OC(=O)OCC(Cl)(Cl)Cl)C1C(=O)N(CC(=O)O[PH](c2ccccc2)(c2ccccc2)c2ccccc2)C1SC(=S)SCCOC(=O)OCC(Cl)(Cl)Cl. The van der Waals surface area contributed by atoms with Crippen molar-refractivity contribution in [2.45, 2.75) is 26.0 Å². The third-order valence-corrected chi connectivity index (χ3v) is 15.0. The number of rotatable bonds is 14. The predicted octanol–water partition coefficient (Wildman–Crippen LogP) is 8.14. The van der Waals surface area contributed by atoms with Crippen molar-refractivity contribution in [3.05, 3.63) is 91.0 Å². The van der Waals surface area contributed by atoms with Crippen molar-refractivity contribution in [1.29, 1.82) is 0 Å². The van der Waals surface area contributed by atoms with E-state index < -0.39 is 76.4 Å². The maximum absolute atomic E-state index is 14.1. The fourth-order valence-corrected chi connectivity index (χ4v) is 12.0. The zero-order valence-electron chi connectivity index (χ0n) is 28.0. The summed E-state index contributed by atoms with van der Waals surface area (Å²) in [5, 5.41) is 1.68. The van der Waals surface area contributed by atoms with Crippen LogP contribution in [0, 0.1) is 5.92 Å². The molecule has 4 rings (SSSR count). The van der Waals surface area contributed by atoms with Crippen LogP contribution in [0.5, 0.6) is 0 Å². The molecule has 10 nitrogen and oxygen atoms in total. The number of nitrogens with zero attached hydrogens (tertiary/aromatic N) is 1. The number of carbonyl (C=O) groups excluding carboxylic acids is 4. The molecule has 1 aliphatic rings. The average molecular weight is 939 g/mol. The van der Waals surface area contributed by atoms with Gasteiger partial charge in [-0.1, -0.05) is 69.6 Å². The number of amides is 1. The van der Waals surface area contributed by atoms with Crippen LogP contribution in [0.2, 0.25) is 0 Å². The van der Waals surface area contributed by atoms with Gasteiger partial charge in [0.15, 0.2) is 0 Å². The molecule has 0 bridgehead atoms. The van der Waals surface area contributed by atoms with Gasteiger partial charge in [0.25, 0.3) is 0 Å². The van der Waals surface area contributed by atoms with Crippen LogP contribution >= 0.6 is 113 Å². The van der Waals surface area contributed by atoms with Crippen molar-refractivity contribution in [1.82, 2.24) is 4.90 Å². The minimum atomic E-state index is -3.47. The van der Waals surface area contributed by atoms with E-state index in [1.54, 1.807) is 0 Å². The molecule has 292 valence electrons. The Hall–Kier alpha value is -1.90. The Morgan fingerprint density at radius 1 is 0.778 bits per heavy atom. The first kappa shape index (κ1) is 44.8. The van der Waals surface area contributed by atoms with Crippen LogP contribution in [0.25, 0.3) is 0 Å². The molecule has 1 amide bonds. The van der Waals surface area contributed by atoms with Gasteiger partial charge in [-0.2, -0.15) is 0 Å². The molecule has 1 aliphatic heterocycles. The summed E-state index contributed by atoms with van der Waals surface area (Å²) in [6.07, 6.45) is -3.24. The number of carbonyl (C=O) groups is 4. The molecule has 0 aromatic heterocycles. The van der Waals surface area contributed by atoms with Crippen LogP contribution < -0.4 is 15.9 Å². The minimum Gasteiger partial charge on any atom is -0.430 e. The van der Waals surface area contributed by atoms with Crippen LogP contribution in [0.3, 0.4) is 0 Å². The summed E-state index contributed by atoms with van der Waals surface area (Å²) in [6.45, 7) is -0.143. The maximum atomic E-state index is 14.1. The van der Waals surface area contributed by atoms with Crippen molar-refractivity contribution in [3.8, 4) is 0 Å². The molecule has 0 saturated carbocycles. The first-order valence-electron chi connectivity index (χ1n) is 15.8. The fourth-order valence-electron chi connectivity index (χ4n) is 5.29. The van der Waals surface area contributed by atoms with E-state index in [1.165, 1.54) is 11.8 Å². The molecular weight excluding hydrogens is 906 g/mol. The third-order valence-electron chi connectivity index (χ3n) is 7.53. The second-order valence-corrected chi connectivity index (χ2v) is 23.1. The summed E-state index contributed by atoms with van der Waals surface area (Å²) in [5.41, 5.74) is 0. The molecule has 0 radical (unpaired) electrons. The van der Waals surface area contributed by atoms with E-state index >= 15 is 0 Å². The fraction of sp³-hybridized carbons (Fsp3) is 0.324. The molecule has 1 fully saturated rings. The van der Waals surface area contributed by atoms with Crippen molar-refractivity contribution in [2.24, 2.45) is 5.92 Å². The molecule has 3 aromatic carbocycles. The van der Waals surface area contributed by atoms with Crippen LogP contribution in [0.15, 0.2) is 91.0 Å². The van der Waals surface area contributed by atoms with Crippen molar-refractivity contribution >= 4 is 156 Å². The number of likely N-dealkylation sites (tertiary alicyclic amines) is 1. The predicted molar refractivity (Wildman–Crippen MR) is 224 cm³/mol. The van der Waals surface area contributed by atoms with Gasteiger partial charge in [0, 0.05) is 0 Å².